The van der Waals surface area contributed by atoms with E-state index in [0.29, 0.717) is 0 Å². The first-order chi connectivity index (χ1) is 6.65. The average Bonchev–Trinajstić information content (AvgIpc) is 2.50. The molecule has 0 amide bonds. The van der Waals surface area contributed by atoms with Crippen LogP contribution in [0.1, 0.15) is 19.8 Å². The van der Waals surface area contributed by atoms with Crippen molar-refractivity contribution in [3.63, 3.8) is 0 Å². The Hall–Kier alpha value is 0.650. The molecule has 0 spiro atoms. The molecule has 0 saturated carbocycles. The van der Waals surface area contributed by atoms with Gasteiger partial charge in [-0.05, 0) is 32.4 Å². The van der Waals surface area contributed by atoms with Crippen molar-refractivity contribution in [1.29, 1.82) is 0 Å². The van der Waals surface area contributed by atoms with Crippen LogP contribution in [0.5, 0.6) is 0 Å². The molecule has 0 aromatic heterocycles. The van der Waals surface area contributed by atoms with Crippen molar-refractivity contribution in [2.24, 2.45) is 5.92 Å². The Morgan fingerprint density at radius 3 is 2.57 bits per heavy atom. The van der Waals surface area contributed by atoms with Gasteiger partial charge in [0.1, 0.15) is 0 Å². The maximum Gasteiger partial charge on any atom is 0.0240 e. The highest BCUT2D eigenvalue weighted by atomic mass is 127. The molecule has 0 N–H and O–H groups in total. The van der Waals surface area contributed by atoms with E-state index in [-0.39, 0.29) is 0 Å². The summed E-state index contributed by atoms with van der Waals surface area (Å²) in [6.45, 7) is 7.63. The van der Waals surface area contributed by atoms with Gasteiger partial charge >= 0.3 is 0 Å². The van der Waals surface area contributed by atoms with Crippen molar-refractivity contribution < 1.29 is 0 Å². The molecular formula is C11H21IN2. The van der Waals surface area contributed by atoms with Crippen LogP contribution in [-0.2, 0) is 0 Å². The van der Waals surface area contributed by atoms with Gasteiger partial charge < -0.3 is 4.90 Å². The summed E-state index contributed by atoms with van der Waals surface area (Å²) in [5, 5.41) is 0. The van der Waals surface area contributed by atoms with Crippen LogP contribution >= 0.6 is 22.6 Å². The number of hydrogen-bond donors (Lipinski definition) is 0. The maximum atomic E-state index is 2.73. The van der Waals surface area contributed by atoms with Crippen LogP contribution in [0.25, 0.3) is 0 Å². The second-order valence-electron chi connectivity index (χ2n) is 5.10. The van der Waals surface area contributed by atoms with Crippen LogP contribution in [0.4, 0.5) is 0 Å². The van der Waals surface area contributed by atoms with Gasteiger partial charge in [0, 0.05) is 29.6 Å². The minimum Gasteiger partial charge on any atom is -0.305 e. The van der Waals surface area contributed by atoms with Crippen molar-refractivity contribution in [2.75, 3.05) is 33.2 Å². The van der Waals surface area contributed by atoms with Crippen molar-refractivity contribution >= 4 is 22.6 Å². The first kappa shape index (κ1) is 11.1. The molecule has 2 fully saturated rings. The van der Waals surface area contributed by atoms with E-state index in [2.05, 4.69) is 46.4 Å². The molecule has 3 atom stereocenters. The number of likely N-dealkylation sites (N-methyl/N-ethyl adjacent to an activating group) is 1. The van der Waals surface area contributed by atoms with E-state index in [9.17, 15) is 0 Å². The van der Waals surface area contributed by atoms with Crippen LogP contribution in [0.2, 0.25) is 0 Å². The van der Waals surface area contributed by atoms with Crippen molar-refractivity contribution in [1.82, 2.24) is 9.80 Å². The van der Waals surface area contributed by atoms with Gasteiger partial charge in [-0.2, -0.15) is 0 Å². The average molecular weight is 308 g/mol. The molecule has 2 rings (SSSR count). The summed E-state index contributed by atoms with van der Waals surface area (Å²) in [4.78, 5) is 5.20. The van der Waals surface area contributed by atoms with Gasteiger partial charge in [-0.25, -0.2) is 0 Å². The Morgan fingerprint density at radius 2 is 2.00 bits per heavy atom. The van der Waals surface area contributed by atoms with E-state index in [1.165, 1.54) is 39.0 Å². The zero-order chi connectivity index (χ0) is 10.1. The summed E-state index contributed by atoms with van der Waals surface area (Å²) < 4.78 is 0.877. The topological polar surface area (TPSA) is 6.48 Å². The predicted octanol–water partition coefficient (Wildman–Crippen LogP) is 1.84. The molecule has 0 aromatic carbocycles. The Kier molecular flexibility index (Phi) is 3.71. The van der Waals surface area contributed by atoms with Crippen molar-refractivity contribution in [3.8, 4) is 0 Å². The number of rotatable bonds is 1. The lowest BCUT2D eigenvalue weighted by atomic mass is 9.98. The smallest absolute Gasteiger partial charge is 0.0240 e. The second-order valence-corrected chi connectivity index (χ2v) is 6.86. The maximum absolute atomic E-state index is 2.73. The normalized spacial score (nSPS) is 41.8. The summed E-state index contributed by atoms with van der Waals surface area (Å²) in [6.07, 6.45) is 2.80. The minimum atomic E-state index is 0.847. The van der Waals surface area contributed by atoms with Crippen molar-refractivity contribution in [3.05, 3.63) is 0 Å². The summed E-state index contributed by atoms with van der Waals surface area (Å²) >= 11 is 2.62. The van der Waals surface area contributed by atoms with Gasteiger partial charge in [-0.1, -0.05) is 29.5 Å². The van der Waals surface area contributed by atoms with E-state index >= 15 is 0 Å². The summed E-state index contributed by atoms with van der Waals surface area (Å²) in [5.74, 6) is 0.900. The molecule has 0 radical (unpaired) electrons. The molecule has 0 aliphatic carbocycles. The van der Waals surface area contributed by atoms with Gasteiger partial charge in [-0.3, -0.25) is 4.90 Å². The van der Waals surface area contributed by atoms with Crippen LogP contribution in [0, 0.1) is 5.92 Å². The van der Waals surface area contributed by atoms with E-state index in [1.54, 1.807) is 0 Å². The van der Waals surface area contributed by atoms with Gasteiger partial charge in [0.2, 0.25) is 0 Å². The van der Waals surface area contributed by atoms with Crippen LogP contribution < -0.4 is 0 Å². The lowest BCUT2D eigenvalue weighted by molar-refractivity contribution is 0.140. The molecule has 14 heavy (non-hydrogen) atoms. The number of halogens is 1. The molecular weight excluding hydrogens is 287 g/mol. The largest absolute Gasteiger partial charge is 0.305 e. The van der Waals surface area contributed by atoms with Crippen molar-refractivity contribution in [2.45, 2.75) is 29.7 Å². The summed E-state index contributed by atoms with van der Waals surface area (Å²) in [6, 6.07) is 0.847. The Balaban J connectivity index is 1.90. The van der Waals surface area contributed by atoms with Gasteiger partial charge in [-0.15, -0.1) is 0 Å². The van der Waals surface area contributed by atoms with E-state index in [0.717, 1.165) is 15.9 Å². The third-order valence-corrected chi connectivity index (χ3v) is 4.42. The number of likely N-dealkylation sites (tertiary alicyclic amines) is 2. The number of alkyl halides is 1. The Morgan fingerprint density at radius 1 is 1.21 bits per heavy atom. The lowest BCUT2D eigenvalue weighted by Gasteiger charge is -2.38. The third kappa shape index (κ3) is 2.61. The molecule has 2 heterocycles. The van der Waals surface area contributed by atoms with Crippen LogP contribution in [0.3, 0.4) is 0 Å². The fourth-order valence-electron chi connectivity index (χ4n) is 2.82. The fraction of sp³-hybridized carbons (Fsp3) is 1.00. The molecule has 2 aliphatic heterocycles. The second kappa shape index (κ2) is 4.66. The zero-order valence-electron chi connectivity index (χ0n) is 9.25. The quantitative estimate of drug-likeness (QED) is 0.539. The number of nitrogens with zero attached hydrogens (tertiary/aromatic N) is 2. The van der Waals surface area contributed by atoms with E-state index in [1.807, 2.05) is 0 Å². The highest BCUT2D eigenvalue weighted by Gasteiger charge is 2.31. The molecule has 3 heteroatoms. The minimum absolute atomic E-state index is 0.847. The van der Waals surface area contributed by atoms with Gasteiger partial charge in [0.05, 0.1) is 0 Å². The molecule has 0 bridgehead atoms. The third-order valence-electron chi connectivity index (χ3n) is 3.52. The number of hydrogen-bond acceptors (Lipinski definition) is 2. The summed E-state index contributed by atoms with van der Waals surface area (Å²) in [5.41, 5.74) is 0. The van der Waals surface area contributed by atoms with Gasteiger partial charge in [0.25, 0.3) is 0 Å². The Labute approximate surface area is 101 Å². The molecule has 3 unspecified atom stereocenters. The monoisotopic (exact) mass is 308 g/mol. The molecule has 0 aromatic rings. The van der Waals surface area contributed by atoms with Gasteiger partial charge in [0.15, 0.2) is 0 Å². The molecule has 2 saturated heterocycles. The fourth-order valence-corrected chi connectivity index (χ4v) is 4.20. The predicted molar refractivity (Wildman–Crippen MR) is 69.1 cm³/mol. The SMILES string of the molecule is CC1CC(I)CN(C2CCN(C)C2)C1. The van der Waals surface area contributed by atoms with Crippen LogP contribution in [-0.4, -0.2) is 53.0 Å². The zero-order valence-corrected chi connectivity index (χ0v) is 11.4. The van der Waals surface area contributed by atoms with Crippen LogP contribution in [0.15, 0.2) is 0 Å². The Bertz CT molecular complexity index is 188. The number of piperidine rings is 1. The first-order valence-electron chi connectivity index (χ1n) is 5.72. The molecule has 82 valence electrons. The first-order valence-corrected chi connectivity index (χ1v) is 6.96. The highest BCUT2D eigenvalue weighted by molar-refractivity contribution is 14.1. The van der Waals surface area contributed by atoms with E-state index < -0.39 is 0 Å². The summed E-state index contributed by atoms with van der Waals surface area (Å²) in [7, 11) is 2.24. The standard InChI is InChI=1S/C11H21IN2/c1-9-5-10(12)7-14(6-9)11-3-4-13(2)8-11/h9-11H,3-8H2,1-2H3. The highest BCUT2D eigenvalue weighted by Crippen LogP contribution is 2.26. The molecule has 2 nitrogen and oxygen atoms in total. The molecule has 2 aliphatic rings. The van der Waals surface area contributed by atoms with E-state index in [4.69, 9.17) is 0 Å². The lowest BCUT2D eigenvalue weighted by Crippen LogP contribution is -2.46.